The van der Waals surface area contributed by atoms with Crippen molar-refractivity contribution in [2.45, 2.75) is 49.5 Å². The number of rotatable bonds is 9. The normalized spacial score (nSPS) is 19.9. The van der Waals surface area contributed by atoms with Gasteiger partial charge >= 0.3 is 12.2 Å². The van der Waals surface area contributed by atoms with E-state index in [9.17, 15) is 18.0 Å². The van der Waals surface area contributed by atoms with Crippen LogP contribution in [0.25, 0.3) is 0 Å². The molecule has 1 aromatic heterocycles. The summed E-state index contributed by atoms with van der Waals surface area (Å²) in [6.07, 6.45) is -2.75. The maximum Gasteiger partial charge on any atom is 0.422 e. The molecule has 9 nitrogen and oxygen atoms in total. The lowest BCUT2D eigenvalue weighted by Crippen LogP contribution is -2.67. The fourth-order valence-electron chi connectivity index (χ4n) is 6.83. The minimum Gasteiger partial charge on any atom is -0.481 e. The summed E-state index contributed by atoms with van der Waals surface area (Å²) >= 11 is 0. The number of urea groups is 1. The van der Waals surface area contributed by atoms with E-state index in [2.05, 4.69) is 44.0 Å². The van der Waals surface area contributed by atoms with E-state index in [4.69, 9.17) is 9.47 Å². The Labute approximate surface area is 292 Å². The second kappa shape index (κ2) is 15.9. The molecule has 0 radical (unpaired) electrons. The molecule has 3 aliphatic rings. The number of halogens is 5. The lowest BCUT2D eigenvalue weighted by atomic mass is 9.81. The first kappa shape index (κ1) is 37.5. The van der Waals surface area contributed by atoms with E-state index in [1.54, 1.807) is 19.0 Å². The number of aromatic nitrogens is 2. The highest BCUT2D eigenvalue weighted by Crippen LogP contribution is 2.42. The third-order valence-corrected chi connectivity index (χ3v) is 9.06. The van der Waals surface area contributed by atoms with Crippen molar-refractivity contribution in [2.24, 2.45) is 0 Å². The molecule has 48 heavy (non-hydrogen) atoms. The minimum atomic E-state index is -4.52. The van der Waals surface area contributed by atoms with Crippen LogP contribution in [0, 0.1) is 0 Å². The average molecular weight is 712 g/mol. The third-order valence-electron chi connectivity index (χ3n) is 9.06. The molecule has 2 aliphatic heterocycles. The molecule has 14 heteroatoms. The zero-order valence-corrected chi connectivity index (χ0v) is 28.9. The zero-order chi connectivity index (χ0) is 32.4. The van der Waals surface area contributed by atoms with E-state index in [-0.39, 0.29) is 73.1 Å². The quantitative estimate of drug-likeness (QED) is 0.277. The number of ether oxygens (including phenoxy) is 2. The molecule has 1 saturated carbocycles. The molecule has 2 amide bonds. The molecule has 2 aromatic carbocycles. The molecule has 6 rings (SSSR count). The number of piperazine rings is 2. The molecule has 3 heterocycles. The molecule has 1 aliphatic carbocycles. The Hall–Kier alpha value is -3.32. The maximum atomic E-state index is 13.3. The van der Waals surface area contributed by atoms with Gasteiger partial charge in [0.15, 0.2) is 6.61 Å². The molecule has 0 bridgehead atoms. The van der Waals surface area contributed by atoms with Crippen LogP contribution in [0.1, 0.15) is 47.2 Å². The van der Waals surface area contributed by atoms with E-state index < -0.39 is 12.8 Å². The summed E-state index contributed by atoms with van der Waals surface area (Å²) in [5, 5.41) is 0. The van der Waals surface area contributed by atoms with Crippen LogP contribution >= 0.6 is 24.8 Å². The fourth-order valence-corrected chi connectivity index (χ4v) is 6.83. The van der Waals surface area contributed by atoms with E-state index in [0.29, 0.717) is 44.1 Å². The van der Waals surface area contributed by atoms with Crippen LogP contribution in [0.15, 0.2) is 60.7 Å². The van der Waals surface area contributed by atoms with Gasteiger partial charge in [-0.2, -0.15) is 23.1 Å². The van der Waals surface area contributed by atoms with Gasteiger partial charge in [0, 0.05) is 77.3 Å². The second-order valence-corrected chi connectivity index (χ2v) is 12.6. The molecule has 2 atom stereocenters. The van der Waals surface area contributed by atoms with Crippen LogP contribution in [0.4, 0.5) is 18.0 Å². The number of carbonyl (C=O) groups excluding carboxylic acids is 1. The number of amides is 2. The Balaban J connectivity index is 0.00000260. The van der Waals surface area contributed by atoms with Gasteiger partial charge in [-0.25, -0.2) is 4.79 Å². The van der Waals surface area contributed by atoms with Crippen LogP contribution in [0.5, 0.6) is 11.8 Å². The Morgan fingerprint density at radius 1 is 0.917 bits per heavy atom. The van der Waals surface area contributed by atoms with Gasteiger partial charge in [-0.1, -0.05) is 60.7 Å². The first-order valence-corrected chi connectivity index (χ1v) is 15.8. The van der Waals surface area contributed by atoms with Crippen molar-refractivity contribution in [2.75, 3.05) is 60.5 Å². The van der Waals surface area contributed by atoms with Gasteiger partial charge in [0.1, 0.15) is 5.82 Å². The third kappa shape index (κ3) is 8.63. The highest BCUT2D eigenvalue weighted by Gasteiger charge is 2.44. The van der Waals surface area contributed by atoms with Crippen molar-refractivity contribution in [1.82, 2.24) is 29.6 Å². The molecule has 3 fully saturated rings. The largest absolute Gasteiger partial charge is 0.481 e. The summed E-state index contributed by atoms with van der Waals surface area (Å²) in [6.45, 7) is 1.86. The van der Waals surface area contributed by atoms with Crippen LogP contribution in [-0.2, 0) is 6.54 Å². The number of alkyl halides is 3. The van der Waals surface area contributed by atoms with Gasteiger partial charge < -0.3 is 19.3 Å². The van der Waals surface area contributed by atoms with Crippen LogP contribution < -0.4 is 9.47 Å². The highest BCUT2D eigenvalue weighted by molar-refractivity contribution is 5.85. The summed E-state index contributed by atoms with van der Waals surface area (Å²) in [7, 11) is 4.99. The van der Waals surface area contributed by atoms with Crippen LogP contribution in [0.3, 0.4) is 0 Å². The smallest absolute Gasteiger partial charge is 0.422 e. The topological polar surface area (TPSA) is 74.3 Å². The predicted octanol–water partition coefficient (Wildman–Crippen LogP) is 5.83. The van der Waals surface area contributed by atoms with Gasteiger partial charge in [-0.3, -0.25) is 9.80 Å². The number of hydrogen-bond acceptors (Lipinski definition) is 7. The SMILES string of the molecule is COc1nc(C2CC2)nc(OCC(F)(F)F)c1CN1CC2CN(C(=O)N(C)C)CCN2C(C(c2ccccc2)c2ccccc2)C1.Cl.Cl. The molecular formula is C34H43Cl2F3N6O3. The highest BCUT2D eigenvalue weighted by atomic mass is 35.5. The lowest BCUT2D eigenvalue weighted by Gasteiger charge is -2.53. The van der Waals surface area contributed by atoms with Crippen LogP contribution in [0.2, 0.25) is 0 Å². The second-order valence-electron chi connectivity index (χ2n) is 12.6. The summed E-state index contributed by atoms with van der Waals surface area (Å²) < 4.78 is 51.0. The summed E-state index contributed by atoms with van der Waals surface area (Å²) in [4.78, 5) is 30.4. The van der Waals surface area contributed by atoms with Crippen molar-refractivity contribution in [1.29, 1.82) is 0 Å². The first-order chi connectivity index (χ1) is 22.1. The molecule has 3 aromatic rings. The Morgan fingerprint density at radius 2 is 1.52 bits per heavy atom. The summed E-state index contributed by atoms with van der Waals surface area (Å²) in [5.41, 5.74) is 2.75. The molecular weight excluding hydrogens is 668 g/mol. The summed E-state index contributed by atoms with van der Waals surface area (Å²) in [5.74, 6) is 0.729. The van der Waals surface area contributed by atoms with E-state index >= 15 is 0 Å². The fraction of sp³-hybridized carbons (Fsp3) is 0.500. The Bertz CT molecular complexity index is 1460. The van der Waals surface area contributed by atoms with Gasteiger partial charge in [0.2, 0.25) is 11.8 Å². The monoisotopic (exact) mass is 710 g/mol. The van der Waals surface area contributed by atoms with E-state index in [1.165, 1.54) is 18.2 Å². The van der Waals surface area contributed by atoms with Crippen molar-refractivity contribution in [3.63, 3.8) is 0 Å². The van der Waals surface area contributed by atoms with Crippen LogP contribution in [-0.4, -0.2) is 114 Å². The minimum absolute atomic E-state index is 0. The average Bonchev–Trinajstić information content (AvgIpc) is 3.90. The lowest BCUT2D eigenvalue weighted by molar-refractivity contribution is -0.154. The number of fused-ring (bicyclic) bond motifs is 1. The maximum absolute atomic E-state index is 13.3. The van der Waals surface area contributed by atoms with Crippen molar-refractivity contribution < 1.29 is 27.4 Å². The number of methoxy groups -OCH3 is 1. The van der Waals surface area contributed by atoms with Crippen molar-refractivity contribution in [3.05, 3.63) is 83.2 Å². The van der Waals surface area contributed by atoms with E-state index in [1.807, 2.05) is 41.3 Å². The van der Waals surface area contributed by atoms with Gasteiger partial charge in [-0.15, -0.1) is 24.8 Å². The van der Waals surface area contributed by atoms with Gasteiger partial charge in [0.25, 0.3) is 0 Å². The number of carbonyl (C=O) groups is 1. The molecule has 0 spiro atoms. The van der Waals surface area contributed by atoms with E-state index in [0.717, 1.165) is 12.8 Å². The molecule has 2 unspecified atom stereocenters. The molecule has 2 saturated heterocycles. The van der Waals surface area contributed by atoms with Crippen molar-refractivity contribution >= 4 is 30.8 Å². The Kier molecular flexibility index (Phi) is 12.4. The Morgan fingerprint density at radius 3 is 2.06 bits per heavy atom. The number of hydrogen-bond donors (Lipinski definition) is 0. The number of benzene rings is 2. The molecule has 262 valence electrons. The standard InChI is InChI=1S/C34H41F3N6O3.2ClH/c1-40(2)33(44)42-16-17-43-26(19-42)18-41(21-28(43)29(23-10-6-4-7-11-23)24-12-8-5-9-13-24)20-27-31(45-3)38-30(25-14-15-25)39-32(27)46-22-34(35,36)37;;/h4-13,25-26,28-29H,14-22H2,1-3H3;2*1H. The predicted molar refractivity (Wildman–Crippen MR) is 182 cm³/mol. The molecule has 0 N–H and O–H groups in total. The number of nitrogens with zero attached hydrogens (tertiary/aromatic N) is 6. The van der Waals surface area contributed by atoms with Crippen molar-refractivity contribution in [3.8, 4) is 11.8 Å². The summed E-state index contributed by atoms with van der Waals surface area (Å²) in [6, 6.07) is 20.8. The zero-order valence-electron chi connectivity index (χ0n) is 27.3. The van der Waals surface area contributed by atoms with Gasteiger partial charge in [0.05, 0.1) is 12.7 Å². The van der Waals surface area contributed by atoms with Gasteiger partial charge in [-0.05, 0) is 24.0 Å². The first-order valence-electron chi connectivity index (χ1n) is 15.8.